The van der Waals surface area contributed by atoms with Gasteiger partial charge in [-0.15, -0.1) is 0 Å². The summed E-state index contributed by atoms with van der Waals surface area (Å²) in [5.74, 6) is 0. The second-order valence-electron chi connectivity index (χ2n) is 3.26. The first-order valence-corrected chi connectivity index (χ1v) is 4.11. The van der Waals surface area contributed by atoms with Crippen LogP contribution in [-0.2, 0) is 13.0 Å². The molecule has 0 spiro atoms. The maximum atomic E-state index is 2.36. The summed E-state index contributed by atoms with van der Waals surface area (Å²) in [4.78, 5) is 2.36. The fraction of sp³-hybridized carbons (Fsp3) is 0.400. The van der Waals surface area contributed by atoms with E-state index < -0.39 is 0 Å². The summed E-state index contributed by atoms with van der Waals surface area (Å²) >= 11 is 0. The summed E-state index contributed by atoms with van der Waals surface area (Å²) in [6.07, 6.45) is 1.21. The van der Waals surface area contributed by atoms with Crippen LogP contribution in [0.15, 0.2) is 24.3 Å². The van der Waals surface area contributed by atoms with Crippen molar-refractivity contribution in [3.63, 3.8) is 0 Å². The third-order valence-electron chi connectivity index (χ3n) is 2.32. The third kappa shape index (κ3) is 3.14. The third-order valence-corrected chi connectivity index (χ3v) is 2.32. The minimum absolute atomic E-state index is 0. The molecule has 0 amide bonds. The van der Waals surface area contributed by atoms with Crippen molar-refractivity contribution in [3.8, 4) is 0 Å². The van der Waals surface area contributed by atoms with E-state index in [0.717, 1.165) is 6.54 Å². The van der Waals surface area contributed by atoms with E-state index in [1.807, 2.05) is 0 Å². The minimum atomic E-state index is 0. The van der Waals surface area contributed by atoms with Crippen molar-refractivity contribution in [1.29, 1.82) is 0 Å². The number of nitrogens with zero attached hydrogens (tertiary/aromatic N) is 1. The van der Waals surface area contributed by atoms with Crippen molar-refractivity contribution in [1.82, 2.24) is 4.90 Å². The van der Waals surface area contributed by atoms with Gasteiger partial charge in [0, 0.05) is 13.1 Å². The second-order valence-corrected chi connectivity index (χ2v) is 3.26. The van der Waals surface area contributed by atoms with Gasteiger partial charge in [-0.05, 0) is 24.6 Å². The van der Waals surface area contributed by atoms with Gasteiger partial charge in [0.2, 0.25) is 0 Å². The predicted octanol–water partition coefficient (Wildman–Crippen LogP) is -2.77. The minimum Gasteiger partial charge on any atom is -0.302 e. The number of rotatable bonds is 0. The molecule has 0 radical (unpaired) electrons. The Labute approximate surface area is 104 Å². The van der Waals surface area contributed by atoms with Gasteiger partial charge in [0.1, 0.15) is 0 Å². The van der Waals surface area contributed by atoms with Gasteiger partial charge in [-0.3, -0.25) is 0 Å². The fourth-order valence-electron chi connectivity index (χ4n) is 1.64. The molecule has 1 aromatic carbocycles. The maximum Gasteiger partial charge on any atom is 1.00 e. The molecule has 1 aliphatic rings. The molecule has 0 bridgehead atoms. The molecule has 0 saturated carbocycles. The summed E-state index contributed by atoms with van der Waals surface area (Å²) in [6, 6.07) is 8.72. The Morgan fingerprint density at radius 1 is 1.15 bits per heavy atom. The monoisotopic (exact) mass is 185 g/mol. The van der Waals surface area contributed by atoms with Crippen LogP contribution in [0.1, 0.15) is 11.1 Å². The van der Waals surface area contributed by atoms with Crippen molar-refractivity contribution in [3.05, 3.63) is 35.4 Å². The van der Waals surface area contributed by atoms with Crippen LogP contribution < -0.4 is 29.6 Å². The van der Waals surface area contributed by atoms with E-state index in [-0.39, 0.29) is 38.0 Å². The van der Waals surface area contributed by atoms with E-state index in [2.05, 4.69) is 36.2 Å². The van der Waals surface area contributed by atoms with Gasteiger partial charge in [-0.2, -0.15) is 0 Å². The van der Waals surface area contributed by atoms with E-state index in [1.54, 1.807) is 0 Å². The average Bonchev–Trinajstić information content (AvgIpc) is 2.04. The fourth-order valence-corrected chi connectivity index (χ4v) is 1.64. The normalized spacial score (nSPS) is 15.2. The number of hydrogen-bond donors (Lipinski definition) is 0. The Morgan fingerprint density at radius 3 is 2.46 bits per heavy atom. The molecular formula is C10H17BNNa. The first-order chi connectivity index (χ1) is 5.36. The summed E-state index contributed by atoms with van der Waals surface area (Å²) in [5.41, 5.74) is 3.03. The van der Waals surface area contributed by atoms with E-state index in [1.165, 1.54) is 24.1 Å². The molecule has 1 nitrogen and oxygen atoms in total. The molecule has 1 aromatic rings. The van der Waals surface area contributed by atoms with E-state index in [9.17, 15) is 0 Å². The summed E-state index contributed by atoms with van der Waals surface area (Å²) in [6.45, 7) is 2.33. The van der Waals surface area contributed by atoms with Gasteiger partial charge < -0.3 is 4.90 Å². The quantitative estimate of drug-likeness (QED) is 0.395. The Kier molecular flexibility index (Phi) is 5.98. The molecule has 0 fully saturated rings. The SMILES string of the molecule is CN1CCc2ccccc2C1.[BH4-].[Na+]. The van der Waals surface area contributed by atoms with E-state index in [0.29, 0.717) is 0 Å². The molecule has 0 saturated heterocycles. The summed E-state index contributed by atoms with van der Waals surface area (Å²) < 4.78 is 0. The van der Waals surface area contributed by atoms with Gasteiger partial charge in [-0.1, -0.05) is 32.7 Å². The van der Waals surface area contributed by atoms with Crippen LogP contribution in [0.2, 0.25) is 0 Å². The maximum absolute atomic E-state index is 2.36. The summed E-state index contributed by atoms with van der Waals surface area (Å²) in [5, 5.41) is 0. The topological polar surface area (TPSA) is 3.24 Å². The van der Waals surface area contributed by atoms with E-state index in [4.69, 9.17) is 0 Å². The van der Waals surface area contributed by atoms with Gasteiger partial charge in [0.25, 0.3) is 0 Å². The van der Waals surface area contributed by atoms with Crippen molar-refractivity contribution >= 4 is 8.41 Å². The van der Waals surface area contributed by atoms with Crippen LogP contribution >= 0.6 is 0 Å². The Hall–Kier alpha value is 0.245. The van der Waals surface area contributed by atoms with Crippen LogP contribution in [-0.4, -0.2) is 26.9 Å². The van der Waals surface area contributed by atoms with Gasteiger partial charge in [-0.25, -0.2) is 0 Å². The number of benzene rings is 1. The molecule has 0 N–H and O–H groups in total. The molecule has 2 rings (SSSR count). The molecule has 66 valence electrons. The van der Waals surface area contributed by atoms with Gasteiger partial charge in [0.05, 0.1) is 0 Å². The zero-order valence-corrected chi connectivity index (χ0v) is 9.88. The summed E-state index contributed by atoms with van der Waals surface area (Å²) in [7, 11) is 2.18. The van der Waals surface area contributed by atoms with Crippen LogP contribution in [0, 0.1) is 0 Å². The molecule has 13 heavy (non-hydrogen) atoms. The predicted molar refractivity (Wildman–Crippen MR) is 57.8 cm³/mol. The average molecular weight is 185 g/mol. The van der Waals surface area contributed by atoms with Crippen molar-refractivity contribution < 1.29 is 29.6 Å². The molecular weight excluding hydrogens is 168 g/mol. The number of likely N-dealkylation sites (N-methyl/N-ethyl adjacent to an activating group) is 1. The Balaban J connectivity index is 0.000000720. The standard InChI is InChI=1S/C10H13N.BH4.Na/c1-11-7-6-9-4-2-3-5-10(9)8-11;;/h2-5H,6-8H2,1H3;1H4;/q;-1;+1. The molecule has 0 aromatic heterocycles. The number of fused-ring (bicyclic) bond motifs is 1. The van der Waals surface area contributed by atoms with Crippen molar-refractivity contribution in [2.75, 3.05) is 13.6 Å². The van der Waals surface area contributed by atoms with Crippen LogP contribution in [0.3, 0.4) is 0 Å². The zero-order chi connectivity index (χ0) is 7.68. The molecule has 3 heteroatoms. The smallest absolute Gasteiger partial charge is 0.302 e. The molecule has 0 aliphatic carbocycles. The molecule has 1 aliphatic heterocycles. The van der Waals surface area contributed by atoms with Crippen LogP contribution in [0.4, 0.5) is 0 Å². The van der Waals surface area contributed by atoms with Crippen LogP contribution in [0.5, 0.6) is 0 Å². The van der Waals surface area contributed by atoms with Gasteiger partial charge in [0.15, 0.2) is 0 Å². The first-order valence-electron chi connectivity index (χ1n) is 4.11. The molecule has 0 unspecified atom stereocenters. The van der Waals surface area contributed by atoms with Crippen molar-refractivity contribution in [2.24, 2.45) is 0 Å². The Morgan fingerprint density at radius 2 is 1.77 bits per heavy atom. The molecule has 1 heterocycles. The Bertz CT molecular complexity index is 265. The van der Waals surface area contributed by atoms with E-state index >= 15 is 0 Å². The molecule has 0 atom stereocenters. The van der Waals surface area contributed by atoms with Gasteiger partial charge >= 0.3 is 29.6 Å². The number of hydrogen-bond acceptors (Lipinski definition) is 1. The van der Waals surface area contributed by atoms with Crippen LogP contribution in [0.25, 0.3) is 0 Å². The van der Waals surface area contributed by atoms with Crippen molar-refractivity contribution in [2.45, 2.75) is 13.0 Å². The zero-order valence-electron chi connectivity index (χ0n) is 7.88. The second kappa shape index (κ2) is 5.87. The largest absolute Gasteiger partial charge is 1.00 e. The first kappa shape index (κ1) is 13.2.